The first kappa shape index (κ1) is 35.5. The van der Waals surface area contributed by atoms with E-state index < -0.39 is 52.4 Å². The third kappa shape index (κ3) is 9.74. The molecule has 0 aliphatic heterocycles. The number of nitrogen functional groups attached to an aromatic ring is 1. The van der Waals surface area contributed by atoms with Gasteiger partial charge in [0.1, 0.15) is 11.9 Å². The second-order valence-corrected chi connectivity index (χ2v) is 13.1. The van der Waals surface area contributed by atoms with Gasteiger partial charge >= 0.3 is 6.09 Å². The first-order valence-corrected chi connectivity index (χ1v) is 16.3. The molecule has 0 saturated carbocycles. The largest absolute Gasteiger partial charge is 0.453 e. The highest BCUT2D eigenvalue weighted by molar-refractivity contribution is 7.89. The molecule has 2 amide bonds. The number of nitrogens with zero attached hydrogens (tertiary/aromatic N) is 1. The Bertz CT molecular complexity index is 1450. The number of unbranched alkanes of at least 4 members (excludes halogenated alkanes) is 1. The minimum absolute atomic E-state index is 0.0488. The Labute approximate surface area is 264 Å². The van der Waals surface area contributed by atoms with Crippen molar-refractivity contribution in [1.82, 2.24) is 14.9 Å². The van der Waals surface area contributed by atoms with Crippen molar-refractivity contribution in [2.75, 3.05) is 32.5 Å². The van der Waals surface area contributed by atoms with Crippen LogP contribution in [0.3, 0.4) is 0 Å². The number of aliphatic hydroxyl groups is 1. The van der Waals surface area contributed by atoms with Crippen LogP contribution < -0.4 is 16.4 Å². The van der Waals surface area contributed by atoms with Crippen LogP contribution in [0.5, 0.6) is 0 Å². The van der Waals surface area contributed by atoms with E-state index in [-0.39, 0.29) is 29.6 Å². The van der Waals surface area contributed by atoms with Crippen molar-refractivity contribution in [3.63, 3.8) is 0 Å². The lowest BCUT2D eigenvalue weighted by Crippen LogP contribution is -2.50. The molecule has 0 fully saturated rings. The minimum Gasteiger partial charge on any atom is -0.453 e. The van der Waals surface area contributed by atoms with Crippen LogP contribution in [0.2, 0.25) is 0 Å². The molecule has 0 spiro atoms. The van der Waals surface area contributed by atoms with Crippen LogP contribution in [0.15, 0.2) is 83.8 Å². The van der Waals surface area contributed by atoms with Gasteiger partial charge in [-0.15, -0.1) is 0 Å². The van der Waals surface area contributed by atoms with Crippen LogP contribution in [0.1, 0.15) is 50.2 Å². The molecule has 45 heavy (non-hydrogen) atoms. The van der Waals surface area contributed by atoms with Crippen LogP contribution in [0.25, 0.3) is 0 Å². The first-order valence-electron chi connectivity index (χ1n) is 14.9. The summed E-state index contributed by atoms with van der Waals surface area (Å²) in [7, 11) is -2.85. The zero-order valence-electron chi connectivity index (χ0n) is 25.9. The van der Waals surface area contributed by atoms with Gasteiger partial charge in [0.25, 0.3) is 0 Å². The van der Waals surface area contributed by atoms with Crippen LogP contribution in [-0.2, 0) is 19.6 Å². The number of sulfonamides is 1. The van der Waals surface area contributed by atoms with E-state index in [0.717, 1.165) is 29.3 Å². The predicted molar refractivity (Wildman–Crippen MR) is 171 cm³/mol. The Kier molecular flexibility index (Phi) is 13.3. The monoisotopic (exact) mass is 642 g/mol. The number of rotatable bonds is 16. The highest BCUT2D eigenvalue weighted by Gasteiger charge is 2.34. The lowest BCUT2D eigenvalue weighted by molar-refractivity contribution is -0.123. The number of halogens is 1. The molecule has 244 valence electrons. The normalized spacial score (nSPS) is 13.1. The molecular formula is C33H43FN4O6S. The van der Waals surface area contributed by atoms with E-state index >= 15 is 0 Å². The third-order valence-electron chi connectivity index (χ3n) is 7.39. The van der Waals surface area contributed by atoms with Crippen LogP contribution in [-0.4, -0.2) is 68.7 Å². The first-order chi connectivity index (χ1) is 21.5. The van der Waals surface area contributed by atoms with Crippen molar-refractivity contribution in [2.24, 2.45) is 5.92 Å². The quantitative estimate of drug-likeness (QED) is 0.135. The van der Waals surface area contributed by atoms with E-state index in [1.807, 2.05) is 74.5 Å². The van der Waals surface area contributed by atoms with Crippen molar-refractivity contribution < 1.29 is 32.2 Å². The third-order valence-corrected chi connectivity index (χ3v) is 9.31. The number of nitrogens with two attached hydrogens (primary N) is 1. The average Bonchev–Trinajstić information content (AvgIpc) is 3.03. The summed E-state index contributed by atoms with van der Waals surface area (Å²) in [6, 6.07) is 20.3. The molecule has 0 aliphatic rings. The molecule has 0 aromatic heterocycles. The second kappa shape index (κ2) is 16.9. The molecule has 12 heteroatoms. The zero-order chi connectivity index (χ0) is 33.0. The van der Waals surface area contributed by atoms with Gasteiger partial charge in [-0.3, -0.25) is 4.79 Å². The maximum Gasteiger partial charge on any atom is 0.407 e. The molecule has 0 saturated heterocycles. The lowest BCUT2D eigenvalue weighted by atomic mass is 9.84. The fraction of sp³-hybridized carbons (Fsp3) is 0.394. The van der Waals surface area contributed by atoms with Crippen molar-refractivity contribution in [3.8, 4) is 0 Å². The average molecular weight is 643 g/mol. The van der Waals surface area contributed by atoms with Gasteiger partial charge in [-0.2, -0.15) is 4.31 Å². The number of benzene rings is 3. The Balaban J connectivity index is 1.71. The number of methoxy groups -OCH3 is 1. The summed E-state index contributed by atoms with van der Waals surface area (Å²) in [6.45, 7) is 3.70. The Morgan fingerprint density at radius 2 is 1.58 bits per heavy atom. The number of ether oxygens (including phenoxy) is 1. The molecule has 0 heterocycles. The van der Waals surface area contributed by atoms with Gasteiger partial charge in [0.05, 0.1) is 24.3 Å². The number of carbonyl (C=O) groups is 2. The smallest absolute Gasteiger partial charge is 0.407 e. The summed E-state index contributed by atoms with van der Waals surface area (Å²) in [6.07, 6.45) is 0.535. The minimum atomic E-state index is -4.09. The highest BCUT2D eigenvalue weighted by Crippen LogP contribution is 2.29. The fourth-order valence-electron chi connectivity index (χ4n) is 5.16. The molecule has 3 aromatic carbocycles. The predicted octanol–water partition coefficient (Wildman–Crippen LogP) is 4.26. The Morgan fingerprint density at radius 1 is 0.978 bits per heavy atom. The SMILES string of the molecule is COC(=O)N[C@H](C(=O)NCCCC[C@@H](CO)N(CC(C)C)S(=O)(=O)c1ccc(F)c(N)c1)C(c1ccccc1)c1ccccc1. The fourth-order valence-corrected chi connectivity index (χ4v) is 7.00. The van der Waals surface area contributed by atoms with Crippen molar-refractivity contribution in [1.29, 1.82) is 0 Å². The van der Waals surface area contributed by atoms with Crippen molar-refractivity contribution in [3.05, 3.63) is 95.8 Å². The van der Waals surface area contributed by atoms with Gasteiger partial charge in [0, 0.05) is 25.0 Å². The molecule has 3 aromatic rings. The topological polar surface area (TPSA) is 151 Å². The summed E-state index contributed by atoms with van der Waals surface area (Å²) >= 11 is 0. The van der Waals surface area contributed by atoms with E-state index in [1.165, 1.54) is 11.4 Å². The molecule has 0 radical (unpaired) electrons. The summed E-state index contributed by atoms with van der Waals surface area (Å²) < 4.78 is 46.9. The molecule has 5 N–H and O–H groups in total. The van der Waals surface area contributed by atoms with Gasteiger partial charge in [-0.25, -0.2) is 17.6 Å². The Morgan fingerprint density at radius 3 is 2.09 bits per heavy atom. The van der Waals surface area contributed by atoms with E-state index in [1.54, 1.807) is 0 Å². The van der Waals surface area contributed by atoms with Gasteiger partial charge in [0.15, 0.2) is 0 Å². The number of amides is 2. The second-order valence-electron chi connectivity index (χ2n) is 11.2. The number of aliphatic hydroxyl groups excluding tert-OH is 1. The van der Waals surface area contributed by atoms with E-state index in [2.05, 4.69) is 10.6 Å². The number of alkyl carbamates (subject to hydrolysis) is 1. The summed E-state index contributed by atoms with van der Waals surface area (Å²) in [5, 5.41) is 15.8. The van der Waals surface area contributed by atoms with Crippen molar-refractivity contribution >= 4 is 27.7 Å². The standard InChI is InChI=1S/C33H43FN4O6S/c1-23(2)21-38(45(42,43)27-17-18-28(34)29(35)20-27)26(22-39)16-10-11-19-36-32(40)31(37-33(41)44-3)30(24-12-6-4-7-13-24)25-14-8-5-9-15-25/h4-9,12-15,17-18,20,23,26,30-31,39H,10-11,16,19,21-22,35H2,1-3H3,(H,36,40)(H,37,41)/t26-,31-/m0/s1. The van der Waals surface area contributed by atoms with Gasteiger partial charge in [-0.05, 0) is 48.1 Å². The number of carbonyl (C=O) groups excluding carboxylic acids is 2. The zero-order valence-corrected chi connectivity index (χ0v) is 26.7. The molecule has 2 atom stereocenters. The van der Waals surface area contributed by atoms with E-state index in [4.69, 9.17) is 10.5 Å². The molecular weight excluding hydrogens is 599 g/mol. The number of anilines is 1. The van der Waals surface area contributed by atoms with Gasteiger partial charge in [-0.1, -0.05) is 80.9 Å². The van der Waals surface area contributed by atoms with Crippen LogP contribution in [0, 0.1) is 11.7 Å². The van der Waals surface area contributed by atoms with E-state index in [9.17, 15) is 27.5 Å². The molecule has 10 nitrogen and oxygen atoms in total. The Hall–Kier alpha value is -4.00. The highest BCUT2D eigenvalue weighted by atomic mass is 32.2. The summed E-state index contributed by atoms with van der Waals surface area (Å²) in [4.78, 5) is 25.7. The summed E-state index contributed by atoms with van der Waals surface area (Å²) in [5.74, 6) is -1.67. The van der Waals surface area contributed by atoms with E-state index in [0.29, 0.717) is 19.3 Å². The molecule has 0 aliphatic carbocycles. The molecule has 3 rings (SSSR count). The lowest BCUT2D eigenvalue weighted by Gasteiger charge is -2.31. The molecule has 0 unspecified atom stereocenters. The summed E-state index contributed by atoms with van der Waals surface area (Å²) in [5.41, 5.74) is 7.02. The van der Waals surface area contributed by atoms with Gasteiger partial charge < -0.3 is 26.2 Å². The maximum atomic E-state index is 13.7. The van der Waals surface area contributed by atoms with Gasteiger partial charge in [0.2, 0.25) is 15.9 Å². The van der Waals surface area contributed by atoms with Crippen molar-refractivity contribution in [2.45, 2.75) is 56.0 Å². The van der Waals surface area contributed by atoms with Crippen LogP contribution in [0.4, 0.5) is 14.9 Å². The number of nitrogens with one attached hydrogen (secondary N) is 2. The maximum absolute atomic E-state index is 13.7. The number of hydrogen-bond donors (Lipinski definition) is 4. The van der Waals surface area contributed by atoms with Crippen LogP contribution >= 0.6 is 0 Å². The molecule has 0 bridgehead atoms. The number of hydrogen-bond acceptors (Lipinski definition) is 7.